The first-order chi connectivity index (χ1) is 15.2. The molecule has 0 bridgehead atoms. The number of hydrogen-bond donors (Lipinski definition) is 2. The van der Waals surface area contributed by atoms with Crippen LogP contribution in [0.3, 0.4) is 0 Å². The highest BCUT2D eigenvalue weighted by atomic mass is 127. The fourth-order valence-corrected chi connectivity index (χ4v) is 3.15. The Labute approximate surface area is 205 Å². The van der Waals surface area contributed by atoms with E-state index in [1.165, 1.54) is 5.56 Å². The van der Waals surface area contributed by atoms with Crippen molar-refractivity contribution in [1.82, 2.24) is 25.4 Å². The molecular weight excluding hydrogens is 515 g/mol. The van der Waals surface area contributed by atoms with Gasteiger partial charge in [0.1, 0.15) is 6.26 Å². The average Bonchev–Trinajstić information content (AvgIpc) is 3.47. The van der Waals surface area contributed by atoms with Crippen LogP contribution in [0.1, 0.15) is 16.8 Å². The normalized spacial score (nSPS) is 11.1. The van der Waals surface area contributed by atoms with Crippen molar-refractivity contribution in [2.24, 2.45) is 4.99 Å². The van der Waals surface area contributed by atoms with Crippen LogP contribution < -0.4 is 10.6 Å². The predicted octanol–water partition coefficient (Wildman–Crippen LogP) is 4.36. The third kappa shape index (κ3) is 6.19. The van der Waals surface area contributed by atoms with Crippen LogP contribution in [-0.2, 0) is 13.0 Å². The Morgan fingerprint density at radius 3 is 2.59 bits per heavy atom. The molecule has 0 aliphatic carbocycles. The first-order valence-corrected chi connectivity index (χ1v) is 10.3. The summed E-state index contributed by atoms with van der Waals surface area (Å²) in [7, 11) is 1.75. The van der Waals surface area contributed by atoms with Gasteiger partial charge in [0.05, 0.1) is 24.1 Å². The molecule has 0 unspecified atom stereocenters. The summed E-state index contributed by atoms with van der Waals surface area (Å²) in [6.45, 7) is 3.33. The van der Waals surface area contributed by atoms with Gasteiger partial charge in [-0.15, -0.1) is 24.0 Å². The van der Waals surface area contributed by atoms with E-state index in [0.29, 0.717) is 12.4 Å². The van der Waals surface area contributed by atoms with Crippen molar-refractivity contribution in [3.8, 4) is 17.1 Å². The van der Waals surface area contributed by atoms with Crippen LogP contribution in [0, 0.1) is 6.92 Å². The number of para-hydroxylation sites is 1. The molecule has 0 radical (unpaired) electrons. The number of benzene rings is 2. The molecule has 0 aliphatic heterocycles. The van der Waals surface area contributed by atoms with Gasteiger partial charge in [0.25, 0.3) is 0 Å². The number of hydrogen-bond acceptors (Lipinski definition) is 4. The number of oxazole rings is 1. The Bertz CT molecular complexity index is 1130. The molecule has 7 nitrogen and oxygen atoms in total. The summed E-state index contributed by atoms with van der Waals surface area (Å²) in [4.78, 5) is 8.83. The molecule has 0 fully saturated rings. The summed E-state index contributed by atoms with van der Waals surface area (Å²) in [5, 5.41) is 11.0. The maximum absolute atomic E-state index is 5.61. The van der Waals surface area contributed by atoms with E-state index in [1.54, 1.807) is 13.3 Å². The van der Waals surface area contributed by atoms with Gasteiger partial charge in [0.15, 0.2) is 5.96 Å². The Hall–Kier alpha value is -3.14. The monoisotopic (exact) mass is 542 g/mol. The molecule has 0 saturated carbocycles. The molecule has 2 N–H and O–H groups in total. The summed E-state index contributed by atoms with van der Waals surface area (Å²) in [5.74, 6) is 1.34. The van der Waals surface area contributed by atoms with E-state index in [9.17, 15) is 0 Å². The molecule has 0 aliphatic rings. The van der Waals surface area contributed by atoms with Crippen LogP contribution in [0.15, 0.2) is 82.7 Å². The van der Waals surface area contributed by atoms with Crippen molar-refractivity contribution in [3.63, 3.8) is 0 Å². The van der Waals surface area contributed by atoms with Crippen molar-refractivity contribution < 1.29 is 4.42 Å². The summed E-state index contributed by atoms with van der Waals surface area (Å²) in [6, 6.07) is 18.2. The number of halogens is 1. The minimum atomic E-state index is 0. The number of nitrogens with one attached hydrogen (secondary N) is 2. The number of nitrogens with zero attached hydrogens (tertiary/aromatic N) is 4. The molecule has 0 amide bonds. The number of guanidine groups is 1. The fourth-order valence-electron chi connectivity index (χ4n) is 3.15. The quantitative estimate of drug-likeness (QED) is 0.206. The second-order valence-electron chi connectivity index (χ2n) is 7.24. The molecule has 2 aromatic heterocycles. The number of aromatic nitrogens is 3. The van der Waals surface area contributed by atoms with Gasteiger partial charge in [0, 0.05) is 25.4 Å². The summed E-state index contributed by atoms with van der Waals surface area (Å²) in [6.07, 6.45) is 6.46. The molecule has 166 valence electrons. The largest absolute Gasteiger partial charge is 0.444 e. The Morgan fingerprint density at radius 1 is 1.06 bits per heavy atom. The van der Waals surface area contributed by atoms with Crippen molar-refractivity contribution in [3.05, 3.63) is 90.1 Å². The second kappa shape index (κ2) is 11.5. The van der Waals surface area contributed by atoms with Crippen molar-refractivity contribution in [2.75, 3.05) is 13.6 Å². The van der Waals surface area contributed by atoms with Crippen LogP contribution in [0.25, 0.3) is 17.1 Å². The van der Waals surface area contributed by atoms with Gasteiger partial charge in [-0.05, 0) is 43.2 Å². The van der Waals surface area contributed by atoms with E-state index in [4.69, 9.17) is 4.42 Å². The lowest BCUT2D eigenvalue weighted by Gasteiger charge is -2.10. The van der Waals surface area contributed by atoms with Gasteiger partial charge in [-0.1, -0.05) is 35.9 Å². The van der Waals surface area contributed by atoms with Gasteiger partial charge in [-0.3, -0.25) is 4.99 Å². The maximum atomic E-state index is 5.61. The Morgan fingerprint density at radius 2 is 1.84 bits per heavy atom. The zero-order chi connectivity index (χ0) is 21.5. The van der Waals surface area contributed by atoms with Gasteiger partial charge < -0.3 is 15.1 Å². The lowest BCUT2D eigenvalue weighted by Crippen LogP contribution is -2.37. The highest BCUT2D eigenvalue weighted by molar-refractivity contribution is 14.0. The van der Waals surface area contributed by atoms with E-state index in [2.05, 4.69) is 38.8 Å². The average molecular weight is 542 g/mol. The minimum Gasteiger partial charge on any atom is -0.444 e. The van der Waals surface area contributed by atoms with Gasteiger partial charge in [0.2, 0.25) is 5.89 Å². The van der Waals surface area contributed by atoms with Crippen LogP contribution in [0.5, 0.6) is 0 Å². The zero-order valence-electron chi connectivity index (χ0n) is 18.2. The van der Waals surface area contributed by atoms with Crippen molar-refractivity contribution in [2.45, 2.75) is 19.9 Å². The van der Waals surface area contributed by atoms with Gasteiger partial charge >= 0.3 is 0 Å². The Kier molecular flexibility index (Phi) is 8.43. The molecule has 0 saturated heterocycles. The van der Waals surface area contributed by atoms with E-state index < -0.39 is 0 Å². The summed E-state index contributed by atoms with van der Waals surface area (Å²) in [5.41, 5.74) is 5.21. The topological polar surface area (TPSA) is 80.3 Å². The van der Waals surface area contributed by atoms with Crippen LogP contribution in [-0.4, -0.2) is 34.3 Å². The molecule has 32 heavy (non-hydrogen) atoms. The SMILES string of the molecule is CN=C(NCCc1cnn(-c2ccccc2)c1)NCc1coc(-c2ccc(C)cc2)n1.I. The van der Waals surface area contributed by atoms with E-state index in [-0.39, 0.29) is 24.0 Å². The molecule has 4 aromatic rings. The summed E-state index contributed by atoms with van der Waals surface area (Å²) < 4.78 is 7.50. The highest BCUT2D eigenvalue weighted by Crippen LogP contribution is 2.19. The number of aliphatic imine (C=N–C) groups is 1. The van der Waals surface area contributed by atoms with E-state index in [1.807, 2.05) is 65.5 Å². The molecular formula is C24H27IN6O. The molecule has 0 spiro atoms. The molecule has 8 heteroatoms. The fraction of sp³-hybridized carbons (Fsp3) is 0.208. The first-order valence-electron chi connectivity index (χ1n) is 10.3. The second-order valence-corrected chi connectivity index (χ2v) is 7.24. The molecule has 2 aromatic carbocycles. The predicted molar refractivity (Wildman–Crippen MR) is 138 cm³/mol. The minimum absolute atomic E-state index is 0. The molecule has 2 heterocycles. The number of aryl methyl sites for hydroxylation is 1. The third-order valence-corrected chi connectivity index (χ3v) is 4.87. The van der Waals surface area contributed by atoms with Gasteiger partial charge in [-0.2, -0.15) is 5.10 Å². The standard InChI is InChI=1S/C24H26N6O.HI/c1-18-8-10-20(11-9-18)23-29-21(17-31-23)15-27-24(25-2)26-13-12-19-14-28-30(16-19)22-6-4-3-5-7-22;/h3-11,14,16-17H,12-13,15H2,1-2H3,(H2,25,26,27);1H. The summed E-state index contributed by atoms with van der Waals surface area (Å²) >= 11 is 0. The number of rotatable bonds is 7. The van der Waals surface area contributed by atoms with Gasteiger partial charge in [-0.25, -0.2) is 9.67 Å². The smallest absolute Gasteiger partial charge is 0.226 e. The highest BCUT2D eigenvalue weighted by Gasteiger charge is 2.08. The molecule has 0 atom stereocenters. The van der Waals surface area contributed by atoms with Crippen LogP contribution in [0.4, 0.5) is 0 Å². The Balaban J connectivity index is 0.00000289. The van der Waals surface area contributed by atoms with E-state index in [0.717, 1.165) is 41.4 Å². The first kappa shape index (κ1) is 23.5. The van der Waals surface area contributed by atoms with Crippen LogP contribution >= 0.6 is 24.0 Å². The zero-order valence-corrected chi connectivity index (χ0v) is 20.5. The molecule has 4 rings (SSSR count). The van der Waals surface area contributed by atoms with Crippen LogP contribution in [0.2, 0.25) is 0 Å². The lowest BCUT2D eigenvalue weighted by molar-refractivity contribution is 0.572. The van der Waals surface area contributed by atoms with Crippen molar-refractivity contribution >= 4 is 29.9 Å². The van der Waals surface area contributed by atoms with E-state index >= 15 is 0 Å². The lowest BCUT2D eigenvalue weighted by atomic mass is 10.1. The maximum Gasteiger partial charge on any atom is 0.226 e. The third-order valence-electron chi connectivity index (χ3n) is 4.87. The van der Waals surface area contributed by atoms with Crippen molar-refractivity contribution in [1.29, 1.82) is 0 Å².